The summed E-state index contributed by atoms with van der Waals surface area (Å²) < 4.78 is 3.31. The Hall–Kier alpha value is 0.800. The van der Waals surface area contributed by atoms with Crippen molar-refractivity contribution in [2.24, 2.45) is 5.73 Å². The third-order valence-electron chi connectivity index (χ3n) is 2.07. The molecule has 0 bridgehead atoms. The number of halogens is 3. The molecule has 1 nitrogen and oxygen atoms in total. The molecule has 0 radical (unpaired) electrons. The molecule has 6 heteroatoms. The summed E-state index contributed by atoms with van der Waals surface area (Å²) in [4.78, 5) is 2.50. The first-order valence-corrected chi connectivity index (χ1v) is 8.57. The Morgan fingerprint density at radius 2 is 2.00 bits per heavy atom. The minimum Gasteiger partial charge on any atom is -0.323 e. The first kappa shape index (κ1) is 13.2. The van der Waals surface area contributed by atoms with Crippen molar-refractivity contribution in [1.29, 1.82) is 0 Å². The molecule has 16 heavy (non-hydrogen) atoms. The van der Waals surface area contributed by atoms with Gasteiger partial charge in [0.15, 0.2) is 0 Å². The highest BCUT2D eigenvalue weighted by atomic mass is 79.9. The quantitative estimate of drug-likeness (QED) is 0.678. The summed E-state index contributed by atoms with van der Waals surface area (Å²) in [6, 6.07) is 4.28. The van der Waals surface area contributed by atoms with Crippen LogP contribution >= 0.6 is 70.5 Å². The molecule has 0 aliphatic carbocycles. The minimum atomic E-state index is 0.0677. The van der Waals surface area contributed by atoms with Gasteiger partial charge in [0.1, 0.15) is 0 Å². The van der Waals surface area contributed by atoms with Crippen LogP contribution in [0.5, 0.6) is 0 Å². The van der Waals surface area contributed by atoms with Crippen molar-refractivity contribution >= 4 is 70.5 Å². The van der Waals surface area contributed by atoms with E-state index in [-0.39, 0.29) is 6.04 Å². The number of nitrogens with two attached hydrogens (primary N) is 1. The first-order valence-electron chi connectivity index (χ1n) is 4.49. The molecule has 0 aromatic carbocycles. The summed E-state index contributed by atoms with van der Waals surface area (Å²) in [5.74, 6) is 0. The Labute approximate surface area is 127 Å². The van der Waals surface area contributed by atoms with Crippen molar-refractivity contribution in [1.82, 2.24) is 0 Å². The molecular formula is C10H8Br3NS2. The van der Waals surface area contributed by atoms with Crippen molar-refractivity contribution in [3.8, 4) is 0 Å². The molecule has 2 aromatic rings. The van der Waals surface area contributed by atoms with Gasteiger partial charge in [-0.2, -0.15) is 0 Å². The van der Waals surface area contributed by atoms with E-state index in [9.17, 15) is 0 Å². The zero-order valence-corrected chi connectivity index (χ0v) is 14.4. The summed E-state index contributed by atoms with van der Waals surface area (Å²) in [5.41, 5.74) is 6.18. The summed E-state index contributed by atoms with van der Waals surface area (Å²) in [6.07, 6.45) is 0.885. The highest BCUT2D eigenvalue weighted by Gasteiger charge is 2.13. The molecular weight excluding hydrogens is 438 g/mol. The lowest BCUT2D eigenvalue weighted by Gasteiger charge is -2.06. The molecule has 0 aliphatic rings. The van der Waals surface area contributed by atoms with Crippen molar-refractivity contribution in [2.75, 3.05) is 0 Å². The van der Waals surface area contributed by atoms with E-state index < -0.39 is 0 Å². The predicted octanol–water partition coefficient (Wildman–Crippen LogP) is 5.34. The predicted molar refractivity (Wildman–Crippen MR) is 82.4 cm³/mol. The number of rotatable bonds is 3. The van der Waals surface area contributed by atoms with Crippen molar-refractivity contribution in [3.05, 3.63) is 40.0 Å². The topological polar surface area (TPSA) is 26.0 Å². The highest BCUT2D eigenvalue weighted by molar-refractivity contribution is 9.13. The van der Waals surface area contributed by atoms with E-state index in [2.05, 4.69) is 65.3 Å². The molecule has 0 saturated heterocycles. The van der Waals surface area contributed by atoms with Crippen LogP contribution in [0.3, 0.4) is 0 Å². The van der Waals surface area contributed by atoms with Gasteiger partial charge in [0.2, 0.25) is 0 Å². The summed E-state index contributed by atoms with van der Waals surface area (Å²) in [7, 11) is 0. The fourth-order valence-electron chi connectivity index (χ4n) is 1.32. The maximum atomic E-state index is 6.18. The second-order valence-electron chi connectivity index (χ2n) is 3.31. The maximum Gasteiger partial charge on any atom is 0.0843 e. The van der Waals surface area contributed by atoms with Crippen LogP contribution in [0.2, 0.25) is 0 Å². The van der Waals surface area contributed by atoms with Crippen LogP contribution in [-0.2, 0) is 6.42 Å². The van der Waals surface area contributed by atoms with Crippen LogP contribution in [0.1, 0.15) is 15.8 Å². The second kappa shape index (κ2) is 5.63. The lowest BCUT2D eigenvalue weighted by molar-refractivity contribution is 0.745. The van der Waals surface area contributed by atoms with Gasteiger partial charge in [-0.1, -0.05) is 0 Å². The van der Waals surface area contributed by atoms with Gasteiger partial charge in [-0.15, -0.1) is 22.7 Å². The lowest BCUT2D eigenvalue weighted by Crippen LogP contribution is -2.10. The number of thiophene rings is 2. The van der Waals surface area contributed by atoms with Crippen LogP contribution in [0, 0.1) is 0 Å². The summed E-state index contributed by atoms with van der Waals surface area (Å²) in [5, 5.41) is 2.09. The molecule has 0 saturated carbocycles. The largest absolute Gasteiger partial charge is 0.323 e. The molecule has 2 rings (SSSR count). The Kier molecular flexibility index (Phi) is 4.66. The second-order valence-corrected chi connectivity index (χ2v) is 8.48. The van der Waals surface area contributed by atoms with Crippen LogP contribution in [0.15, 0.2) is 30.2 Å². The standard InChI is InChI=1S/C10H8Br3NS2/c11-5-1-6(15-4-5)2-8(14)9-3-7(12)10(13)16-9/h1,3-4,8H,2,14H2. The number of hydrogen-bond donors (Lipinski definition) is 1. The summed E-state index contributed by atoms with van der Waals surface area (Å²) >= 11 is 13.8. The third kappa shape index (κ3) is 3.17. The molecule has 0 fully saturated rings. The molecule has 1 unspecified atom stereocenters. The number of hydrogen-bond acceptors (Lipinski definition) is 3. The van der Waals surface area contributed by atoms with Crippen molar-refractivity contribution in [3.63, 3.8) is 0 Å². The van der Waals surface area contributed by atoms with E-state index in [4.69, 9.17) is 5.73 Å². The Balaban J connectivity index is 2.11. The van der Waals surface area contributed by atoms with Gasteiger partial charge in [-0.05, 0) is 59.9 Å². The molecule has 2 aromatic heterocycles. The van der Waals surface area contributed by atoms with Gasteiger partial charge >= 0.3 is 0 Å². The van der Waals surface area contributed by atoms with E-state index in [1.54, 1.807) is 22.7 Å². The summed E-state index contributed by atoms with van der Waals surface area (Å²) in [6.45, 7) is 0. The fourth-order valence-corrected chi connectivity index (χ4v) is 4.93. The monoisotopic (exact) mass is 443 g/mol. The van der Waals surface area contributed by atoms with Gasteiger partial charge < -0.3 is 5.73 Å². The van der Waals surface area contributed by atoms with Gasteiger partial charge in [0.05, 0.1) is 3.79 Å². The molecule has 86 valence electrons. The first-order chi connectivity index (χ1) is 7.56. The van der Waals surface area contributed by atoms with Crippen LogP contribution in [0.25, 0.3) is 0 Å². The Bertz CT molecular complexity index is 472. The van der Waals surface area contributed by atoms with Crippen LogP contribution in [0.4, 0.5) is 0 Å². The Morgan fingerprint density at radius 3 is 2.50 bits per heavy atom. The van der Waals surface area contributed by atoms with Crippen LogP contribution in [-0.4, -0.2) is 0 Å². The van der Waals surface area contributed by atoms with Gasteiger partial charge in [-0.25, -0.2) is 0 Å². The van der Waals surface area contributed by atoms with E-state index in [0.29, 0.717) is 0 Å². The fraction of sp³-hybridized carbons (Fsp3) is 0.200. The normalized spacial score (nSPS) is 13.0. The molecule has 0 amide bonds. The average Bonchev–Trinajstić information content (AvgIpc) is 2.75. The average molecular weight is 446 g/mol. The SMILES string of the molecule is NC(Cc1cc(Br)cs1)c1cc(Br)c(Br)s1. The van der Waals surface area contributed by atoms with E-state index in [1.807, 2.05) is 0 Å². The van der Waals surface area contributed by atoms with Crippen molar-refractivity contribution in [2.45, 2.75) is 12.5 Å². The Morgan fingerprint density at radius 1 is 1.25 bits per heavy atom. The molecule has 0 aliphatic heterocycles. The lowest BCUT2D eigenvalue weighted by atomic mass is 10.1. The zero-order chi connectivity index (χ0) is 11.7. The molecule has 0 spiro atoms. The molecule has 2 heterocycles. The highest BCUT2D eigenvalue weighted by Crippen LogP contribution is 2.36. The van der Waals surface area contributed by atoms with Crippen molar-refractivity contribution < 1.29 is 0 Å². The van der Waals surface area contributed by atoms with Gasteiger partial charge in [0.25, 0.3) is 0 Å². The van der Waals surface area contributed by atoms with Gasteiger partial charge in [-0.3, -0.25) is 0 Å². The minimum absolute atomic E-state index is 0.0677. The van der Waals surface area contributed by atoms with E-state index in [0.717, 1.165) is 19.2 Å². The van der Waals surface area contributed by atoms with E-state index in [1.165, 1.54) is 9.75 Å². The van der Waals surface area contributed by atoms with Gasteiger partial charge in [0, 0.05) is 36.5 Å². The smallest absolute Gasteiger partial charge is 0.0843 e. The van der Waals surface area contributed by atoms with E-state index >= 15 is 0 Å². The third-order valence-corrected chi connectivity index (χ3v) is 7.18. The molecule has 1 atom stereocenters. The molecule has 2 N–H and O–H groups in total. The maximum absolute atomic E-state index is 6.18. The zero-order valence-electron chi connectivity index (χ0n) is 8.04. The van der Waals surface area contributed by atoms with Crippen LogP contribution < -0.4 is 5.73 Å².